The smallest absolute Gasteiger partial charge is 0.164 e. The third-order valence-electron chi connectivity index (χ3n) is 3.25. The molecule has 0 fully saturated rings. The number of hydrogen-bond acceptors (Lipinski definition) is 3. The summed E-state index contributed by atoms with van der Waals surface area (Å²) in [4.78, 5) is 4.23. The number of benzene rings is 1. The number of anilines is 1. The summed E-state index contributed by atoms with van der Waals surface area (Å²) in [6.07, 6.45) is 3.20. The third-order valence-corrected chi connectivity index (χ3v) is 3.25. The van der Waals surface area contributed by atoms with E-state index in [9.17, 15) is 8.78 Å². The highest BCUT2D eigenvalue weighted by Crippen LogP contribution is 2.18. The molecule has 1 aromatic carbocycles. The Balaban J connectivity index is 2.06. The fourth-order valence-electron chi connectivity index (χ4n) is 2.09. The molecule has 0 saturated carbocycles. The fraction of sp³-hybridized carbons (Fsp3) is 0.125. The molecule has 2 heterocycles. The maximum absolute atomic E-state index is 13.8. The van der Waals surface area contributed by atoms with Crippen LogP contribution in [0.1, 0.15) is 18.1 Å². The summed E-state index contributed by atoms with van der Waals surface area (Å²) in [6.45, 7) is 2.66. The van der Waals surface area contributed by atoms with E-state index in [0.717, 1.165) is 17.1 Å². The lowest BCUT2D eigenvalue weighted by Crippen LogP contribution is -1.97. The molecule has 110 valence electrons. The van der Waals surface area contributed by atoms with Gasteiger partial charge in [0.2, 0.25) is 0 Å². The monoisotopic (exact) mass is 298 g/mol. The van der Waals surface area contributed by atoms with Crippen molar-refractivity contribution >= 4 is 16.7 Å². The van der Waals surface area contributed by atoms with E-state index in [1.807, 2.05) is 6.92 Å². The van der Waals surface area contributed by atoms with E-state index in [-0.39, 0.29) is 11.3 Å². The Morgan fingerprint density at radius 1 is 1.23 bits per heavy atom. The van der Waals surface area contributed by atoms with Crippen LogP contribution in [0.3, 0.4) is 0 Å². The second-order valence-electron chi connectivity index (χ2n) is 4.66. The first-order chi connectivity index (χ1) is 10.6. The van der Waals surface area contributed by atoms with E-state index in [0.29, 0.717) is 12.1 Å². The first kappa shape index (κ1) is 14.0. The number of nitrogens with two attached hydrogens (primary N) is 1. The van der Waals surface area contributed by atoms with Crippen molar-refractivity contribution in [3.63, 3.8) is 0 Å². The maximum atomic E-state index is 13.8. The van der Waals surface area contributed by atoms with Crippen molar-refractivity contribution in [3.05, 3.63) is 53.4 Å². The number of halogens is 2. The predicted octanol–water partition coefficient (Wildman–Crippen LogP) is 2.71. The number of nitrogen functional groups attached to an aromatic ring is 1. The van der Waals surface area contributed by atoms with Crippen molar-refractivity contribution in [1.82, 2.24) is 14.8 Å². The second kappa shape index (κ2) is 5.45. The summed E-state index contributed by atoms with van der Waals surface area (Å²) in [5, 5.41) is 4.18. The lowest BCUT2D eigenvalue weighted by molar-refractivity contribution is 0.580. The third kappa shape index (κ3) is 2.37. The Labute approximate surface area is 125 Å². The van der Waals surface area contributed by atoms with Gasteiger partial charge >= 0.3 is 0 Å². The lowest BCUT2D eigenvalue weighted by atomic mass is 10.1. The van der Waals surface area contributed by atoms with Gasteiger partial charge in [-0.25, -0.2) is 8.78 Å². The Hall–Kier alpha value is -2.94. The molecule has 0 saturated heterocycles. The van der Waals surface area contributed by atoms with E-state index >= 15 is 0 Å². The van der Waals surface area contributed by atoms with E-state index in [1.165, 1.54) is 6.07 Å². The summed E-state index contributed by atoms with van der Waals surface area (Å²) in [6, 6.07) is 4.05. The molecule has 22 heavy (non-hydrogen) atoms. The van der Waals surface area contributed by atoms with Gasteiger partial charge in [-0.05, 0) is 25.1 Å². The Kier molecular flexibility index (Phi) is 3.47. The Morgan fingerprint density at radius 3 is 2.82 bits per heavy atom. The number of fused-ring (bicyclic) bond motifs is 1. The van der Waals surface area contributed by atoms with Gasteiger partial charge in [-0.2, -0.15) is 5.10 Å². The minimum Gasteiger partial charge on any atom is -0.396 e. The molecule has 6 heteroatoms. The van der Waals surface area contributed by atoms with Crippen LogP contribution in [0.15, 0.2) is 30.6 Å². The van der Waals surface area contributed by atoms with Crippen molar-refractivity contribution in [1.29, 1.82) is 0 Å². The van der Waals surface area contributed by atoms with Crippen molar-refractivity contribution in [2.75, 3.05) is 5.73 Å². The molecule has 4 nitrogen and oxygen atoms in total. The highest BCUT2D eigenvalue weighted by atomic mass is 19.1. The van der Waals surface area contributed by atoms with Gasteiger partial charge in [0.15, 0.2) is 5.82 Å². The van der Waals surface area contributed by atoms with Crippen molar-refractivity contribution in [2.24, 2.45) is 0 Å². The van der Waals surface area contributed by atoms with Crippen LogP contribution in [-0.2, 0) is 6.54 Å². The van der Waals surface area contributed by atoms with Crippen LogP contribution in [-0.4, -0.2) is 14.8 Å². The number of nitrogens with zero attached hydrogens (tertiary/aromatic N) is 3. The molecule has 0 radical (unpaired) electrons. The quantitative estimate of drug-likeness (QED) is 0.555. The normalized spacial score (nSPS) is 10.5. The van der Waals surface area contributed by atoms with Crippen LogP contribution in [0.25, 0.3) is 11.0 Å². The zero-order valence-corrected chi connectivity index (χ0v) is 11.8. The van der Waals surface area contributed by atoms with Crippen LogP contribution >= 0.6 is 0 Å². The average molecular weight is 298 g/mol. The molecule has 0 aliphatic carbocycles. The molecular formula is C16H12F2N4. The minimum absolute atomic E-state index is 0.136. The molecule has 3 rings (SSSR count). The van der Waals surface area contributed by atoms with E-state index < -0.39 is 11.6 Å². The van der Waals surface area contributed by atoms with Gasteiger partial charge in [0.05, 0.1) is 23.0 Å². The molecule has 0 amide bonds. The lowest BCUT2D eigenvalue weighted by Gasteiger charge is -2.00. The summed E-state index contributed by atoms with van der Waals surface area (Å²) >= 11 is 0. The van der Waals surface area contributed by atoms with Crippen LogP contribution in [0.5, 0.6) is 0 Å². The van der Waals surface area contributed by atoms with Crippen LogP contribution in [0.4, 0.5) is 14.5 Å². The molecule has 0 spiro atoms. The fourth-order valence-corrected chi connectivity index (χ4v) is 2.09. The van der Waals surface area contributed by atoms with Gasteiger partial charge in [0.1, 0.15) is 11.3 Å². The van der Waals surface area contributed by atoms with Gasteiger partial charge in [-0.3, -0.25) is 9.67 Å². The molecule has 0 atom stereocenters. The Morgan fingerprint density at radius 2 is 2.05 bits per heavy atom. The summed E-state index contributed by atoms with van der Waals surface area (Å²) in [5.41, 5.74) is 7.06. The van der Waals surface area contributed by atoms with Crippen molar-refractivity contribution in [2.45, 2.75) is 13.5 Å². The first-order valence-electron chi connectivity index (χ1n) is 6.67. The van der Waals surface area contributed by atoms with E-state index in [2.05, 4.69) is 21.9 Å². The molecule has 0 aliphatic rings. The van der Waals surface area contributed by atoms with Crippen LogP contribution in [0, 0.1) is 23.5 Å². The molecule has 2 N–H and O–H groups in total. The summed E-state index contributed by atoms with van der Waals surface area (Å²) < 4.78 is 29.2. The minimum atomic E-state index is -0.847. The number of aromatic nitrogens is 3. The van der Waals surface area contributed by atoms with Gasteiger partial charge < -0.3 is 5.73 Å². The standard InChI is InChI=1S/C16H12F2N4/c1-2-22-15-7-10(8-20-14(15)9-21-22)3-4-11-12(17)5-6-13(19)16(11)18/h5-9H,2,19H2,1H3. The Bertz CT molecular complexity index is 919. The topological polar surface area (TPSA) is 56.7 Å². The number of hydrogen-bond donors (Lipinski definition) is 1. The maximum Gasteiger partial charge on any atom is 0.164 e. The zero-order chi connectivity index (χ0) is 15.7. The highest BCUT2D eigenvalue weighted by Gasteiger charge is 2.09. The van der Waals surface area contributed by atoms with Gasteiger partial charge in [0, 0.05) is 18.3 Å². The molecule has 0 bridgehead atoms. The highest BCUT2D eigenvalue weighted by molar-refractivity contribution is 5.75. The summed E-state index contributed by atoms with van der Waals surface area (Å²) in [5.74, 6) is 3.61. The van der Waals surface area contributed by atoms with E-state index in [1.54, 1.807) is 23.1 Å². The largest absolute Gasteiger partial charge is 0.396 e. The summed E-state index contributed by atoms with van der Waals surface area (Å²) in [7, 11) is 0. The van der Waals surface area contributed by atoms with Gasteiger partial charge in [0.25, 0.3) is 0 Å². The molecule has 2 aromatic heterocycles. The molecule has 3 aromatic rings. The molecule has 0 aliphatic heterocycles. The number of aryl methyl sites for hydroxylation is 1. The van der Waals surface area contributed by atoms with E-state index in [4.69, 9.17) is 5.73 Å². The SMILES string of the molecule is CCn1ncc2ncc(C#Cc3c(F)ccc(N)c3F)cc21. The number of rotatable bonds is 1. The van der Waals surface area contributed by atoms with Crippen LogP contribution in [0.2, 0.25) is 0 Å². The van der Waals surface area contributed by atoms with Crippen LogP contribution < -0.4 is 5.73 Å². The van der Waals surface area contributed by atoms with Gasteiger partial charge in [-0.15, -0.1) is 0 Å². The zero-order valence-electron chi connectivity index (χ0n) is 11.8. The predicted molar refractivity (Wildman–Crippen MR) is 80.0 cm³/mol. The van der Waals surface area contributed by atoms with Crippen molar-refractivity contribution in [3.8, 4) is 11.8 Å². The second-order valence-corrected chi connectivity index (χ2v) is 4.66. The van der Waals surface area contributed by atoms with Crippen molar-refractivity contribution < 1.29 is 8.78 Å². The molecular weight excluding hydrogens is 286 g/mol. The molecule has 0 unspecified atom stereocenters. The first-order valence-corrected chi connectivity index (χ1v) is 6.67. The number of pyridine rings is 1. The van der Waals surface area contributed by atoms with Gasteiger partial charge in [-0.1, -0.05) is 11.8 Å². The average Bonchev–Trinajstić information content (AvgIpc) is 2.93.